The van der Waals surface area contributed by atoms with Gasteiger partial charge >= 0.3 is 0 Å². The third-order valence-electron chi connectivity index (χ3n) is 4.67. The molecule has 0 atom stereocenters. The summed E-state index contributed by atoms with van der Waals surface area (Å²) in [6.45, 7) is 15.0. The highest BCUT2D eigenvalue weighted by Gasteiger charge is 2.34. The van der Waals surface area contributed by atoms with Crippen LogP contribution in [0.15, 0.2) is 34.1 Å². The van der Waals surface area contributed by atoms with E-state index in [0.29, 0.717) is 22.3 Å². The number of aromatic hydroxyl groups is 2. The Morgan fingerprint density at radius 3 is 1.22 bits per heavy atom. The molecule has 0 saturated carbocycles. The van der Waals surface area contributed by atoms with Gasteiger partial charge in [-0.3, -0.25) is 0 Å². The molecule has 0 fully saturated rings. The number of hydrogen-bond donors (Lipinski definition) is 2. The molecule has 4 nitrogen and oxygen atoms in total. The van der Waals surface area contributed by atoms with Crippen LogP contribution in [-0.2, 0) is 20.7 Å². The largest absolute Gasteiger partial charge is 0.508 e. The maximum absolute atomic E-state index is 13.9. The fourth-order valence-electron chi connectivity index (χ4n) is 3.44. The van der Waals surface area contributed by atoms with Crippen molar-refractivity contribution in [2.75, 3.05) is 0 Å². The van der Waals surface area contributed by atoms with E-state index in [9.17, 15) is 18.6 Å². The number of rotatable bonds is 2. The van der Waals surface area contributed by atoms with E-state index >= 15 is 0 Å². The number of benzene rings is 2. The Bertz CT molecular complexity index is 913. The Morgan fingerprint density at radius 2 is 0.963 bits per heavy atom. The van der Waals surface area contributed by atoms with Crippen LogP contribution in [0.2, 0.25) is 0 Å². The van der Waals surface area contributed by atoms with Gasteiger partial charge in [0.25, 0.3) is 0 Å². The second-order valence-electron chi connectivity index (χ2n) is 9.28. The third-order valence-corrected chi connectivity index (χ3v) is 6.83. The van der Waals surface area contributed by atoms with Gasteiger partial charge in [0.2, 0.25) is 9.84 Å². The molecule has 2 rings (SSSR count). The second kappa shape index (κ2) is 6.55. The lowest BCUT2D eigenvalue weighted by molar-refractivity contribution is 0.467. The lowest BCUT2D eigenvalue weighted by atomic mass is 9.85. The summed E-state index contributed by atoms with van der Waals surface area (Å²) < 4.78 is 27.7. The van der Waals surface area contributed by atoms with Crippen LogP contribution >= 0.6 is 0 Å². The summed E-state index contributed by atoms with van der Waals surface area (Å²) in [5.74, 6) is 0.102. The second-order valence-corrected chi connectivity index (χ2v) is 11.1. The average molecular weight is 391 g/mol. The van der Waals surface area contributed by atoms with Gasteiger partial charge in [-0.05, 0) is 71.2 Å². The van der Waals surface area contributed by atoms with E-state index in [1.54, 1.807) is 13.8 Å². The van der Waals surface area contributed by atoms with E-state index in [0.717, 1.165) is 0 Å². The maximum atomic E-state index is 13.9. The molecular weight excluding hydrogens is 360 g/mol. The van der Waals surface area contributed by atoms with Crippen LogP contribution in [0.1, 0.15) is 63.8 Å². The smallest absolute Gasteiger partial charge is 0.207 e. The van der Waals surface area contributed by atoms with Crippen molar-refractivity contribution in [3.8, 4) is 11.5 Å². The van der Waals surface area contributed by atoms with Gasteiger partial charge in [0.1, 0.15) is 11.5 Å². The standard InChI is InChI=1S/C22H30O4S/c1-13-9-15(23)11-17(21(3,4)5)19(13)27(25,26)20-14(2)10-16(24)12-18(20)22(6,7)8/h9-12,23-24H,1-8H3. The Morgan fingerprint density at radius 1 is 0.667 bits per heavy atom. The highest BCUT2D eigenvalue weighted by atomic mass is 32.2. The van der Waals surface area contributed by atoms with E-state index in [2.05, 4.69) is 0 Å². The summed E-state index contributed by atoms with van der Waals surface area (Å²) in [5, 5.41) is 20.1. The Labute approximate surface area is 162 Å². The molecule has 148 valence electrons. The van der Waals surface area contributed by atoms with Gasteiger partial charge in [-0.1, -0.05) is 41.5 Å². The van der Waals surface area contributed by atoms with Gasteiger partial charge in [-0.15, -0.1) is 0 Å². The Balaban J connectivity index is 3.00. The minimum Gasteiger partial charge on any atom is -0.508 e. The van der Waals surface area contributed by atoms with Crippen LogP contribution in [-0.4, -0.2) is 18.6 Å². The van der Waals surface area contributed by atoms with Crippen molar-refractivity contribution >= 4 is 9.84 Å². The maximum Gasteiger partial charge on any atom is 0.207 e. The van der Waals surface area contributed by atoms with Crippen LogP contribution < -0.4 is 0 Å². The van der Waals surface area contributed by atoms with Crippen molar-refractivity contribution in [1.82, 2.24) is 0 Å². The monoisotopic (exact) mass is 390 g/mol. The third kappa shape index (κ3) is 3.98. The van der Waals surface area contributed by atoms with E-state index < -0.39 is 20.7 Å². The molecule has 0 heterocycles. The van der Waals surface area contributed by atoms with Crippen LogP contribution in [0.5, 0.6) is 11.5 Å². The first-order valence-electron chi connectivity index (χ1n) is 9.00. The number of sulfone groups is 1. The van der Waals surface area contributed by atoms with Crippen LogP contribution in [0.25, 0.3) is 0 Å². The lowest BCUT2D eigenvalue weighted by Gasteiger charge is -2.28. The van der Waals surface area contributed by atoms with Crippen LogP contribution in [0.3, 0.4) is 0 Å². The van der Waals surface area contributed by atoms with Crippen molar-refractivity contribution in [1.29, 1.82) is 0 Å². The number of aryl methyl sites for hydroxylation is 2. The van der Waals surface area contributed by atoms with E-state index in [-0.39, 0.29) is 21.3 Å². The SMILES string of the molecule is Cc1cc(O)cc(C(C)(C)C)c1S(=O)(=O)c1c(C)cc(O)cc1C(C)(C)C. The molecule has 0 aliphatic rings. The molecule has 5 heteroatoms. The van der Waals surface area contributed by atoms with Crippen molar-refractivity contribution in [3.63, 3.8) is 0 Å². The van der Waals surface area contributed by atoms with E-state index in [1.807, 2.05) is 41.5 Å². The molecule has 0 spiro atoms. The quantitative estimate of drug-likeness (QED) is 0.744. The summed E-state index contributed by atoms with van der Waals surface area (Å²) in [4.78, 5) is 0.458. The number of hydrogen-bond acceptors (Lipinski definition) is 4. The molecule has 0 saturated heterocycles. The highest BCUT2D eigenvalue weighted by molar-refractivity contribution is 7.91. The molecule has 2 aromatic rings. The van der Waals surface area contributed by atoms with Crippen molar-refractivity contribution < 1.29 is 18.6 Å². The minimum atomic E-state index is -3.88. The first kappa shape index (κ1) is 21.3. The van der Waals surface area contributed by atoms with Crippen molar-refractivity contribution in [2.45, 2.75) is 76.0 Å². The molecular formula is C22H30O4S. The zero-order valence-electron chi connectivity index (χ0n) is 17.4. The van der Waals surface area contributed by atoms with Gasteiger partial charge in [0.05, 0.1) is 9.79 Å². The minimum absolute atomic E-state index is 0.0508. The topological polar surface area (TPSA) is 74.6 Å². The number of phenolic OH excluding ortho intramolecular Hbond substituents is 2. The van der Waals surface area contributed by atoms with Crippen molar-refractivity contribution in [2.24, 2.45) is 0 Å². The zero-order chi connectivity index (χ0) is 20.9. The first-order valence-corrected chi connectivity index (χ1v) is 10.5. The Hall–Kier alpha value is -2.01. The van der Waals surface area contributed by atoms with Gasteiger partial charge in [0.15, 0.2) is 0 Å². The summed E-state index contributed by atoms with van der Waals surface area (Å²) in [5.41, 5.74) is 1.22. The predicted octanol–water partition coefficient (Wildman–Crippen LogP) is 5.14. The molecule has 0 aromatic heterocycles. The van der Waals surface area contributed by atoms with Gasteiger partial charge < -0.3 is 10.2 Å². The molecule has 0 amide bonds. The lowest BCUT2D eigenvalue weighted by Crippen LogP contribution is -2.22. The molecule has 27 heavy (non-hydrogen) atoms. The molecule has 2 aromatic carbocycles. The molecule has 0 bridgehead atoms. The molecule has 0 radical (unpaired) electrons. The van der Waals surface area contributed by atoms with Crippen molar-refractivity contribution in [3.05, 3.63) is 46.5 Å². The first-order chi connectivity index (χ1) is 12.1. The molecule has 0 aliphatic carbocycles. The van der Waals surface area contributed by atoms with E-state index in [4.69, 9.17) is 0 Å². The summed E-state index contributed by atoms with van der Waals surface area (Å²) >= 11 is 0. The average Bonchev–Trinajstić information content (AvgIpc) is 2.42. The zero-order valence-corrected chi connectivity index (χ0v) is 18.2. The molecule has 2 N–H and O–H groups in total. The summed E-state index contributed by atoms with van der Waals surface area (Å²) in [7, 11) is -3.88. The highest BCUT2D eigenvalue weighted by Crippen LogP contribution is 2.42. The Kier molecular flexibility index (Phi) is 5.17. The number of phenols is 2. The van der Waals surface area contributed by atoms with E-state index in [1.165, 1.54) is 24.3 Å². The summed E-state index contributed by atoms with van der Waals surface area (Å²) in [6, 6.07) is 6.03. The van der Waals surface area contributed by atoms with Gasteiger partial charge in [-0.2, -0.15) is 0 Å². The molecule has 0 unspecified atom stereocenters. The molecule has 0 aliphatic heterocycles. The summed E-state index contributed by atoms with van der Waals surface area (Å²) in [6.07, 6.45) is 0. The van der Waals surface area contributed by atoms with Gasteiger partial charge in [0, 0.05) is 0 Å². The van der Waals surface area contributed by atoms with Crippen LogP contribution in [0, 0.1) is 13.8 Å². The predicted molar refractivity (Wildman–Crippen MR) is 109 cm³/mol. The fraction of sp³-hybridized carbons (Fsp3) is 0.455. The fourth-order valence-corrected chi connectivity index (χ4v) is 5.92. The van der Waals surface area contributed by atoms with Crippen LogP contribution in [0.4, 0.5) is 0 Å². The van der Waals surface area contributed by atoms with Gasteiger partial charge in [-0.25, -0.2) is 8.42 Å². The normalized spacial score (nSPS) is 13.0.